The van der Waals surface area contributed by atoms with Gasteiger partial charge in [-0.05, 0) is 49.4 Å². The van der Waals surface area contributed by atoms with E-state index in [0.717, 1.165) is 16.7 Å². The molecule has 0 saturated carbocycles. The van der Waals surface area contributed by atoms with E-state index >= 15 is 0 Å². The second kappa shape index (κ2) is 6.01. The number of thiophene rings is 1. The molecule has 0 aliphatic heterocycles. The first kappa shape index (κ1) is 14.5. The van der Waals surface area contributed by atoms with Crippen molar-refractivity contribution in [1.82, 2.24) is 0 Å². The van der Waals surface area contributed by atoms with Crippen LogP contribution in [0.5, 0.6) is 0 Å². The summed E-state index contributed by atoms with van der Waals surface area (Å²) in [6, 6.07) is 7.52. The largest absolute Gasteiger partial charge is 0.453 e. The molecule has 0 N–H and O–H groups in total. The lowest BCUT2D eigenvalue weighted by atomic mass is 10.0. The molecule has 0 spiro atoms. The fourth-order valence-corrected chi connectivity index (χ4v) is 2.71. The smallest absolute Gasteiger partial charge is 0.349 e. The summed E-state index contributed by atoms with van der Waals surface area (Å²) in [6.07, 6.45) is 0. The summed E-state index contributed by atoms with van der Waals surface area (Å²) in [5.41, 5.74) is 3.39. The molecule has 3 nitrogen and oxygen atoms in total. The van der Waals surface area contributed by atoms with Crippen LogP contribution >= 0.6 is 11.3 Å². The normalized spacial score (nSPS) is 10.3. The summed E-state index contributed by atoms with van der Waals surface area (Å²) in [5.74, 6) is -0.607. The van der Waals surface area contributed by atoms with Crippen molar-refractivity contribution >= 4 is 23.1 Å². The average Bonchev–Trinajstić information content (AvgIpc) is 2.84. The van der Waals surface area contributed by atoms with Gasteiger partial charge in [-0.2, -0.15) is 0 Å². The molecule has 4 heteroatoms. The van der Waals surface area contributed by atoms with Gasteiger partial charge in [-0.15, -0.1) is 11.3 Å². The van der Waals surface area contributed by atoms with Gasteiger partial charge < -0.3 is 4.74 Å². The predicted octanol–water partition coefficient (Wildman–Crippen LogP) is 3.71. The molecule has 1 aromatic carbocycles. The van der Waals surface area contributed by atoms with Gasteiger partial charge in [0.1, 0.15) is 4.88 Å². The Morgan fingerprint density at radius 2 is 1.85 bits per heavy atom. The van der Waals surface area contributed by atoms with Crippen LogP contribution in [0, 0.1) is 20.8 Å². The monoisotopic (exact) mass is 288 g/mol. The number of rotatable bonds is 4. The van der Waals surface area contributed by atoms with Gasteiger partial charge in [0.05, 0.1) is 0 Å². The van der Waals surface area contributed by atoms with Crippen LogP contribution in [-0.4, -0.2) is 18.4 Å². The van der Waals surface area contributed by atoms with Crippen LogP contribution in [0.4, 0.5) is 0 Å². The van der Waals surface area contributed by atoms with Crippen molar-refractivity contribution in [2.24, 2.45) is 0 Å². The van der Waals surface area contributed by atoms with Gasteiger partial charge >= 0.3 is 5.97 Å². The zero-order valence-electron chi connectivity index (χ0n) is 11.7. The highest BCUT2D eigenvalue weighted by molar-refractivity contribution is 7.12. The van der Waals surface area contributed by atoms with Crippen molar-refractivity contribution in [1.29, 1.82) is 0 Å². The number of carbonyl (C=O) groups excluding carboxylic acids is 2. The molecule has 1 aromatic heterocycles. The van der Waals surface area contributed by atoms with Crippen LogP contribution in [0.15, 0.2) is 29.6 Å². The Morgan fingerprint density at radius 3 is 2.50 bits per heavy atom. The number of ether oxygens (including phenoxy) is 1. The summed E-state index contributed by atoms with van der Waals surface area (Å²) in [6.45, 7) is 5.43. The maximum Gasteiger partial charge on any atom is 0.349 e. The van der Waals surface area contributed by atoms with Gasteiger partial charge in [0.2, 0.25) is 5.78 Å². The Balaban J connectivity index is 2.04. The summed E-state index contributed by atoms with van der Waals surface area (Å²) in [4.78, 5) is 24.5. The Labute approximate surface area is 122 Å². The van der Waals surface area contributed by atoms with Crippen molar-refractivity contribution in [3.8, 4) is 0 Å². The third-order valence-electron chi connectivity index (χ3n) is 3.08. The van der Waals surface area contributed by atoms with Crippen LogP contribution in [0.2, 0.25) is 0 Å². The zero-order valence-corrected chi connectivity index (χ0v) is 12.5. The first-order valence-corrected chi connectivity index (χ1v) is 7.18. The van der Waals surface area contributed by atoms with Crippen LogP contribution in [0.1, 0.15) is 36.7 Å². The third kappa shape index (κ3) is 3.14. The fourth-order valence-electron chi connectivity index (χ4n) is 1.89. The quantitative estimate of drug-likeness (QED) is 0.636. The maximum atomic E-state index is 12.1. The van der Waals surface area contributed by atoms with E-state index in [1.54, 1.807) is 0 Å². The van der Waals surface area contributed by atoms with Crippen LogP contribution in [-0.2, 0) is 4.74 Å². The molecule has 0 bridgehead atoms. The number of benzene rings is 1. The second-order valence-electron chi connectivity index (χ2n) is 4.75. The minimum atomic E-state index is -0.434. The van der Waals surface area contributed by atoms with Crippen molar-refractivity contribution < 1.29 is 14.3 Å². The molecule has 2 aromatic rings. The van der Waals surface area contributed by atoms with E-state index in [-0.39, 0.29) is 12.4 Å². The molecular weight excluding hydrogens is 272 g/mol. The Morgan fingerprint density at radius 1 is 1.10 bits per heavy atom. The summed E-state index contributed by atoms with van der Waals surface area (Å²) < 4.78 is 5.10. The third-order valence-corrected chi connectivity index (χ3v) is 4.07. The Kier molecular flexibility index (Phi) is 4.35. The molecule has 0 atom stereocenters. The zero-order chi connectivity index (χ0) is 14.7. The van der Waals surface area contributed by atoms with Crippen LogP contribution in [0.3, 0.4) is 0 Å². The van der Waals surface area contributed by atoms with E-state index in [1.165, 1.54) is 11.3 Å². The van der Waals surface area contributed by atoms with Gasteiger partial charge in [-0.25, -0.2) is 4.79 Å². The van der Waals surface area contributed by atoms with Crippen molar-refractivity contribution in [3.05, 3.63) is 56.8 Å². The minimum absolute atomic E-state index is 0.172. The maximum absolute atomic E-state index is 12.1. The van der Waals surface area contributed by atoms with E-state index in [4.69, 9.17) is 4.74 Å². The van der Waals surface area contributed by atoms with Gasteiger partial charge in [0, 0.05) is 5.56 Å². The van der Waals surface area contributed by atoms with Crippen molar-refractivity contribution in [2.45, 2.75) is 20.8 Å². The Hall–Kier alpha value is -1.94. The highest BCUT2D eigenvalue weighted by Gasteiger charge is 2.15. The van der Waals surface area contributed by atoms with Crippen LogP contribution in [0.25, 0.3) is 0 Å². The first-order chi connectivity index (χ1) is 9.49. The number of Topliss-reactive ketones (excluding diaryl/α,β-unsaturated/α-hetero) is 1. The number of hydrogen-bond acceptors (Lipinski definition) is 4. The van der Waals surface area contributed by atoms with Crippen LogP contribution < -0.4 is 0 Å². The molecular formula is C16H16O3S. The van der Waals surface area contributed by atoms with E-state index in [0.29, 0.717) is 10.4 Å². The molecule has 0 saturated heterocycles. The van der Waals surface area contributed by atoms with Gasteiger partial charge in [0.15, 0.2) is 6.61 Å². The first-order valence-electron chi connectivity index (χ1n) is 6.30. The number of hydrogen-bond donors (Lipinski definition) is 0. The standard InChI is InChI=1S/C16H16O3S/c1-10-4-5-11(2)13(8-10)14(17)9-19-16(18)15-12(3)6-7-20-15/h4-8H,9H2,1-3H3. The van der Waals surface area contributed by atoms with Gasteiger partial charge in [0.25, 0.3) is 0 Å². The lowest BCUT2D eigenvalue weighted by molar-refractivity contribution is 0.0478. The number of esters is 1. The SMILES string of the molecule is Cc1ccc(C)c(C(=O)COC(=O)c2sccc2C)c1. The highest BCUT2D eigenvalue weighted by Crippen LogP contribution is 2.17. The molecule has 104 valence electrons. The van der Waals surface area contributed by atoms with Gasteiger partial charge in [-0.3, -0.25) is 4.79 Å². The molecule has 0 radical (unpaired) electrons. The molecule has 20 heavy (non-hydrogen) atoms. The number of carbonyl (C=O) groups is 2. The van der Waals surface area contributed by atoms with E-state index in [2.05, 4.69) is 0 Å². The lowest BCUT2D eigenvalue weighted by Crippen LogP contribution is -2.15. The number of aryl methyl sites for hydroxylation is 3. The van der Waals surface area contributed by atoms with Gasteiger partial charge in [-0.1, -0.05) is 17.7 Å². The Bertz CT molecular complexity index is 655. The molecule has 0 unspecified atom stereocenters. The van der Waals surface area contributed by atoms with Crippen molar-refractivity contribution in [3.63, 3.8) is 0 Å². The average molecular weight is 288 g/mol. The number of ketones is 1. The topological polar surface area (TPSA) is 43.4 Å². The summed E-state index contributed by atoms with van der Waals surface area (Å²) in [5, 5.41) is 1.83. The molecule has 2 rings (SSSR count). The molecule has 0 aliphatic carbocycles. The van der Waals surface area contributed by atoms with Crippen molar-refractivity contribution in [2.75, 3.05) is 6.61 Å². The summed E-state index contributed by atoms with van der Waals surface area (Å²) >= 11 is 1.32. The highest BCUT2D eigenvalue weighted by atomic mass is 32.1. The van der Waals surface area contributed by atoms with E-state index in [1.807, 2.05) is 50.4 Å². The minimum Gasteiger partial charge on any atom is -0.453 e. The molecule has 0 fully saturated rings. The predicted molar refractivity (Wildman–Crippen MR) is 79.6 cm³/mol. The molecule has 1 heterocycles. The molecule has 0 amide bonds. The van der Waals surface area contributed by atoms with E-state index < -0.39 is 5.97 Å². The summed E-state index contributed by atoms with van der Waals surface area (Å²) in [7, 11) is 0. The lowest BCUT2D eigenvalue weighted by Gasteiger charge is -2.07. The second-order valence-corrected chi connectivity index (χ2v) is 5.67. The fraction of sp³-hybridized carbons (Fsp3) is 0.250. The molecule has 0 aliphatic rings. The van der Waals surface area contributed by atoms with E-state index in [9.17, 15) is 9.59 Å².